The fourth-order valence-corrected chi connectivity index (χ4v) is 2.44. The Bertz CT molecular complexity index is 279. The van der Waals surface area contributed by atoms with Crippen molar-refractivity contribution in [3.63, 3.8) is 0 Å². The zero-order chi connectivity index (χ0) is 11.3. The Labute approximate surface area is 92.2 Å². The molecule has 0 aromatic carbocycles. The topological polar surface area (TPSA) is 32.3 Å². The zero-order valence-corrected chi connectivity index (χ0v) is 10.3. The first kappa shape index (κ1) is 10.9. The van der Waals surface area contributed by atoms with Crippen molar-refractivity contribution < 1.29 is 4.79 Å². The zero-order valence-electron chi connectivity index (χ0n) is 10.3. The third-order valence-electron chi connectivity index (χ3n) is 3.49. The molecule has 0 atom stereocenters. The SMILES string of the molecule is CC1(C)CNCC(C)(C)N(C2CC2)C1=O. The van der Waals surface area contributed by atoms with Gasteiger partial charge in [-0.25, -0.2) is 0 Å². The molecule has 0 aromatic rings. The lowest BCUT2D eigenvalue weighted by atomic mass is 9.91. The fourth-order valence-electron chi connectivity index (χ4n) is 2.44. The van der Waals surface area contributed by atoms with Crippen LogP contribution in [0.15, 0.2) is 0 Å². The number of hydrogen-bond acceptors (Lipinski definition) is 2. The van der Waals surface area contributed by atoms with Crippen LogP contribution < -0.4 is 5.32 Å². The van der Waals surface area contributed by atoms with Gasteiger partial charge in [0.15, 0.2) is 0 Å². The summed E-state index contributed by atoms with van der Waals surface area (Å²) in [7, 11) is 0. The summed E-state index contributed by atoms with van der Waals surface area (Å²) in [5.74, 6) is 0.319. The Kier molecular flexibility index (Phi) is 2.34. The van der Waals surface area contributed by atoms with E-state index in [1.54, 1.807) is 0 Å². The number of nitrogens with one attached hydrogen (secondary N) is 1. The maximum Gasteiger partial charge on any atom is 0.230 e. The molecule has 0 aromatic heterocycles. The second-order valence-electron chi connectivity index (χ2n) is 6.21. The highest BCUT2D eigenvalue weighted by molar-refractivity contribution is 5.84. The minimum absolute atomic E-state index is 0.0357. The lowest BCUT2D eigenvalue weighted by molar-refractivity contribution is -0.144. The van der Waals surface area contributed by atoms with Gasteiger partial charge in [-0.05, 0) is 40.5 Å². The van der Waals surface area contributed by atoms with E-state index in [4.69, 9.17) is 0 Å². The molecular formula is C12H22N2O. The number of nitrogens with zero attached hydrogens (tertiary/aromatic N) is 1. The number of carbonyl (C=O) groups excluding carboxylic acids is 1. The molecule has 15 heavy (non-hydrogen) atoms. The molecular weight excluding hydrogens is 188 g/mol. The molecule has 1 aliphatic carbocycles. The van der Waals surface area contributed by atoms with Crippen LogP contribution in [0.3, 0.4) is 0 Å². The summed E-state index contributed by atoms with van der Waals surface area (Å²) in [6, 6.07) is 0.506. The second-order valence-corrected chi connectivity index (χ2v) is 6.21. The normalized spacial score (nSPS) is 30.1. The van der Waals surface area contributed by atoms with E-state index in [0.717, 1.165) is 13.1 Å². The molecule has 1 heterocycles. The molecule has 3 heteroatoms. The lowest BCUT2D eigenvalue weighted by Crippen LogP contribution is -2.53. The molecule has 1 amide bonds. The summed E-state index contributed by atoms with van der Waals surface area (Å²) in [4.78, 5) is 14.6. The van der Waals surface area contributed by atoms with Gasteiger partial charge in [-0.2, -0.15) is 0 Å². The van der Waals surface area contributed by atoms with Gasteiger partial charge in [0.25, 0.3) is 0 Å². The second kappa shape index (κ2) is 3.21. The Morgan fingerprint density at radius 1 is 1.20 bits per heavy atom. The minimum Gasteiger partial charge on any atom is -0.333 e. The predicted octanol–water partition coefficient (Wildman–Crippen LogP) is 1.39. The van der Waals surface area contributed by atoms with Crippen LogP contribution in [0.4, 0.5) is 0 Å². The molecule has 2 aliphatic rings. The first-order chi connectivity index (χ1) is 6.84. The molecule has 0 spiro atoms. The van der Waals surface area contributed by atoms with Gasteiger partial charge in [0.2, 0.25) is 5.91 Å². The van der Waals surface area contributed by atoms with Gasteiger partial charge in [-0.15, -0.1) is 0 Å². The Hall–Kier alpha value is -0.570. The van der Waals surface area contributed by atoms with E-state index in [1.165, 1.54) is 12.8 Å². The standard InChI is InChI=1S/C12H22N2O/c1-11(2)7-13-8-12(3,4)14(10(11)15)9-5-6-9/h9,13H,5-8H2,1-4H3. The maximum atomic E-state index is 12.5. The van der Waals surface area contributed by atoms with Gasteiger partial charge in [-0.1, -0.05) is 0 Å². The lowest BCUT2D eigenvalue weighted by Gasteiger charge is -2.39. The van der Waals surface area contributed by atoms with E-state index >= 15 is 0 Å². The molecule has 2 rings (SSSR count). The number of carbonyl (C=O) groups is 1. The molecule has 1 aliphatic heterocycles. The van der Waals surface area contributed by atoms with Gasteiger partial charge in [0.1, 0.15) is 0 Å². The van der Waals surface area contributed by atoms with Gasteiger partial charge >= 0.3 is 0 Å². The summed E-state index contributed by atoms with van der Waals surface area (Å²) >= 11 is 0. The van der Waals surface area contributed by atoms with Crippen molar-refractivity contribution in [3.05, 3.63) is 0 Å². The summed E-state index contributed by atoms with van der Waals surface area (Å²) in [6.07, 6.45) is 2.37. The fraction of sp³-hybridized carbons (Fsp3) is 0.917. The van der Waals surface area contributed by atoms with Gasteiger partial charge in [-0.3, -0.25) is 4.79 Å². The van der Waals surface area contributed by atoms with E-state index in [0.29, 0.717) is 11.9 Å². The third-order valence-corrected chi connectivity index (χ3v) is 3.49. The van der Waals surface area contributed by atoms with Gasteiger partial charge in [0, 0.05) is 24.7 Å². The highest BCUT2D eigenvalue weighted by Crippen LogP contribution is 2.37. The largest absolute Gasteiger partial charge is 0.333 e. The van der Waals surface area contributed by atoms with E-state index in [9.17, 15) is 4.79 Å². The van der Waals surface area contributed by atoms with Crippen LogP contribution in [0.5, 0.6) is 0 Å². The Morgan fingerprint density at radius 2 is 1.80 bits per heavy atom. The number of amides is 1. The quantitative estimate of drug-likeness (QED) is 0.709. The summed E-state index contributed by atoms with van der Waals surface area (Å²) < 4.78 is 0. The van der Waals surface area contributed by atoms with Crippen LogP contribution in [-0.4, -0.2) is 35.5 Å². The molecule has 1 N–H and O–H groups in total. The first-order valence-corrected chi connectivity index (χ1v) is 5.89. The Morgan fingerprint density at radius 3 is 2.33 bits per heavy atom. The van der Waals surface area contributed by atoms with Crippen molar-refractivity contribution in [1.82, 2.24) is 10.2 Å². The van der Waals surface area contributed by atoms with Crippen molar-refractivity contribution in [2.24, 2.45) is 5.41 Å². The highest BCUT2D eigenvalue weighted by atomic mass is 16.2. The van der Waals surface area contributed by atoms with Crippen LogP contribution in [0, 0.1) is 5.41 Å². The van der Waals surface area contributed by atoms with Crippen LogP contribution in [0.2, 0.25) is 0 Å². The van der Waals surface area contributed by atoms with E-state index in [-0.39, 0.29) is 11.0 Å². The summed E-state index contributed by atoms with van der Waals surface area (Å²) in [6.45, 7) is 10.1. The minimum atomic E-state index is -0.254. The summed E-state index contributed by atoms with van der Waals surface area (Å²) in [5, 5.41) is 3.41. The van der Waals surface area contributed by atoms with Crippen LogP contribution in [-0.2, 0) is 4.79 Å². The molecule has 0 unspecified atom stereocenters. The summed E-state index contributed by atoms with van der Waals surface area (Å²) in [5.41, 5.74) is -0.289. The molecule has 0 radical (unpaired) electrons. The van der Waals surface area contributed by atoms with E-state index in [1.807, 2.05) is 13.8 Å². The molecule has 0 bridgehead atoms. The number of hydrogen-bond donors (Lipinski definition) is 1. The van der Waals surface area contributed by atoms with Crippen molar-refractivity contribution in [1.29, 1.82) is 0 Å². The average Bonchev–Trinajstić information content (AvgIpc) is 2.85. The highest BCUT2D eigenvalue weighted by Gasteiger charge is 2.47. The predicted molar refractivity (Wildman–Crippen MR) is 60.6 cm³/mol. The van der Waals surface area contributed by atoms with Crippen molar-refractivity contribution in [3.8, 4) is 0 Å². The molecule has 3 nitrogen and oxygen atoms in total. The first-order valence-electron chi connectivity index (χ1n) is 5.89. The van der Waals surface area contributed by atoms with Gasteiger partial charge in [0.05, 0.1) is 5.41 Å². The monoisotopic (exact) mass is 210 g/mol. The average molecular weight is 210 g/mol. The van der Waals surface area contributed by atoms with Crippen molar-refractivity contribution >= 4 is 5.91 Å². The van der Waals surface area contributed by atoms with Crippen LogP contribution in [0.1, 0.15) is 40.5 Å². The molecule has 1 saturated heterocycles. The van der Waals surface area contributed by atoms with Crippen LogP contribution >= 0.6 is 0 Å². The molecule has 2 fully saturated rings. The van der Waals surface area contributed by atoms with Gasteiger partial charge < -0.3 is 10.2 Å². The Balaban J connectivity index is 2.30. The van der Waals surface area contributed by atoms with Crippen molar-refractivity contribution in [2.75, 3.05) is 13.1 Å². The van der Waals surface area contributed by atoms with E-state index < -0.39 is 0 Å². The van der Waals surface area contributed by atoms with E-state index in [2.05, 4.69) is 24.1 Å². The third kappa shape index (κ3) is 1.89. The maximum absolute atomic E-state index is 12.5. The number of rotatable bonds is 1. The van der Waals surface area contributed by atoms with Crippen LogP contribution in [0.25, 0.3) is 0 Å². The smallest absolute Gasteiger partial charge is 0.230 e. The van der Waals surface area contributed by atoms with Crippen molar-refractivity contribution in [2.45, 2.75) is 52.1 Å². The molecule has 86 valence electrons. The molecule has 1 saturated carbocycles.